The second kappa shape index (κ2) is 6.74. The smallest absolute Gasteiger partial charge is 0.120 e. The highest BCUT2D eigenvalue weighted by Gasteiger charge is 2.05. The Bertz CT molecular complexity index is 347. The summed E-state index contributed by atoms with van der Waals surface area (Å²) in [7, 11) is 0. The van der Waals surface area contributed by atoms with Crippen molar-refractivity contribution in [2.75, 3.05) is 6.61 Å². The lowest BCUT2D eigenvalue weighted by molar-refractivity contribution is 0.309. The van der Waals surface area contributed by atoms with E-state index in [1.807, 2.05) is 12.1 Å². The number of rotatable bonds is 6. The monoisotopic (exact) mass is 282 g/mol. The zero-order valence-corrected chi connectivity index (χ0v) is 11.6. The van der Waals surface area contributed by atoms with Crippen LogP contribution in [0.25, 0.3) is 0 Å². The van der Waals surface area contributed by atoms with Crippen molar-refractivity contribution in [1.29, 1.82) is 0 Å². The Morgan fingerprint density at radius 2 is 2.19 bits per heavy atom. The van der Waals surface area contributed by atoms with Crippen LogP contribution in [0.15, 0.2) is 35.3 Å². The molecule has 16 heavy (non-hydrogen) atoms. The lowest BCUT2D eigenvalue weighted by Gasteiger charge is -2.11. The Labute approximate surface area is 107 Å². The minimum atomic E-state index is 0.353. The minimum Gasteiger partial charge on any atom is -0.494 e. The van der Waals surface area contributed by atoms with Crippen LogP contribution in [0.4, 0.5) is 0 Å². The average Bonchev–Trinajstić information content (AvgIpc) is 2.27. The number of hydrogen-bond acceptors (Lipinski definition) is 1. The fourth-order valence-electron chi connectivity index (χ4n) is 1.40. The summed E-state index contributed by atoms with van der Waals surface area (Å²) in [5, 5.41) is 0. The predicted octanol–water partition coefficient (Wildman–Crippen LogP) is 4.92. The van der Waals surface area contributed by atoms with Crippen molar-refractivity contribution in [2.45, 2.75) is 32.6 Å². The molecule has 1 rings (SSSR count). The summed E-state index contributed by atoms with van der Waals surface area (Å²) in [6.07, 6.45) is 4.19. The summed E-state index contributed by atoms with van der Waals surface area (Å²) < 4.78 is 6.76. The lowest BCUT2D eigenvalue weighted by atomic mass is 10.0. The molecule has 0 spiro atoms. The van der Waals surface area contributed by atoms with Crippen molar-refractivity contribution in [3.05, 3.63) is 40.9 Å². The zero-order chi connectivity index (χ0) is 12.0. The van der Waals surface area contributed by atoms with Crippen LogP contribution in [0.5, 0.6) is 5.75 Å². The van der Waals surface area contributed by atoms with Gasteiger partial charge >= 0.3 is 0 Å². The second-order valence-corrected chi connectivity index (χ2v) is 4.86. The average molecular weight is 283 g/mol. The van der Waals surface area contributed by atoms with Crippen molar-refractivity contribution >= 4 is 15.9 Å². The highest BCUT2D eigenvalue weighted by Crippen LogP contribution is 2.26. The molecular formula is C14H19BrO. The van der Waals surface area contributed by atoms with Crippen LogP contribution in [0.2, 0.25) is 0 Å². The molecule has 88 valence electrons. The molecule has 2 heteroatoms. The molecule has 0 amide bonds. The molecule has 0 aromatic heterocycles. The van der Waals surface area contributed by atoms with E-state index in [9.17, 15) is 0 Å². The van der Waals surface area contributed by atoms with Gasteiger partial charge < -0.3 is 4.74 Å². The van der Waals surface area contributed by atoms with Gasteiger partial charge in [0, 0.05) is 4.47 Å². The normalized spacial score (nSPS) is 12.2. The summed E-state index contributed by atoms with van der Waals surface area (Å²) in [4.78, 5) is 0. The van der Waals surface area contributed by atoms with E-state index in [1.165, 1.54) is 5.56 Å². The van der Waals surface area contributed by atoms with Crippen LogP contribution >= 0.6 is 15.9 Å². The first-order valence-corrected chi connectivity index (χ1v) is 6.52. The fourth-order valence-corrected chi connectivity index (χ4v) is 1.89. The summed E-state index contributed by atoms with van der Waals surface area (Å²) in [5.41, 5.74) is 1.23. The maximum Gasteiger partial charge on any atom is 0.120 e. The molecule has 1 aromatic carbocycles. The van der Waals surface area contributed by atoms with Gasteiger partial charge in [0.2, 0.25) is 0 Å². The van der Waals surface area contributed by atoms with Gasteiger partial charge in [-0.3, -0.25) is 0 Å². The Kier molecular flexibility index (Phi) is 5.61. The van der Waals surface area contributed by atoms with E-state index in [0.29, 0.717) is 5.92 Å². The Morgan fingerprint density at radius 1 is 1.44 bits per heavy atom. The van der Waals surface area contributed by atoms with Crippen molar-refractivity contribution in [3.8, 4) is 5.75 Å². The molecule has 0 fully saturated rings. The standard InChI is InChI=1S/C14H19BrO/c1-4-6-7-16-14-9-12(11(3)5-2)8-13(15)10-14/h5,8-11H,2,4,6-7H2,1,3H3. The van der Waals surface area contributed by atoms with Crippen LogP contribution < -0.4 is 4.74 Å². The lowest BCUT2D eigenvalue weighted by Crippen LogP contribution is -1.98. The van der Waals surface area contributed by atoms with Gasteiger partial charge in [-0.2, -0.15) is 0 Å². The van der Waals surface area contributed by atoms with Gasteiger partial charge in [0.05, 0.1) is 6.61 Å². The molecule has 1 unspecified atom stereocenters. The van der Waals surface area contributed by atoms with E-state index >= 15 is 0 Å². The number of ether oxygens (including phenoxy) is 1. The first-order chi connectivity index (χ1) is 7.67. The maximum atomic E-state index is 5.70. The zero-order valence-electron chi connectivity index (χ0n) is 10.0. The summed E-state index contributed by atoms with van der Waals surface area (Å²) in [5.74, 6) is 1.29. The molecule has 0 aliphatic heterocycles. The molecule has 0 aliphatic rings. The van der Waals surface area contributed by atoms with Crippen LogP contribution in [0.1, 0.15) is 38.2 Å². The van der Waals surface area contributed by atoms with Gasteiger partial charge in [-0.1, -0.05) is 42.3 Å². The quantitative estimate of drug-likeness (QED) is 0.532. The van der Waals surface area contributed by atoms with Gasteiger partial charge in [-0.25, -0.2) is 0 Å². The topological polar surface area (TPSA) is 9.23 Å². The van der Waals surface area contributed by atoms with Crippen molar-refractivity contribution in [3.63, 3.8) is 0 Å². The van der Waals surface area contributed by atoms with Gasteiger partial charge in [-0.15, -0.1) is 6.58 Å². The Morgan fingerprint density at radius 3 is 2.81 bits per heavy atom. The van der Waals surface area contributed by atoms with Crippen molar-refractivity contribution in [2.24, 2.45) is 0 Å². The molecule has 0 radical (unpaired) electrons. The molecule has 1 aromatic rings. The molecule has 0 bridgehead atoms. The van der Waals surface area contributed by atoms with E-state index in [-0.39, 0.29) is 0 Å². The number of allylic oxidation sites excluding steroid dienone is 1. The summed E-state index contributed by atoms with van der Waals surface area (Å²) >= 11 is 3.51. The predicted molar refractivity (Wildman–Crippen MR) is 73.2 cm³/mol. The highest BCUT2D eigenvalue weighted by molar-refractivity contribution is 9.10. The number of unbranched alkanes of at least 4 members (excludes halogenated alkanes) is 1. The molecule has 0 N–H and O–H groups in total. The van der Waals surface area contributed by atoms with E-state index < -0.39 is 0 Å². The van der Waals surface area contributed by atoms with Gasteiger partial charge in [0.1, 0.15) is 5.75 Å². The largest absolute Gasteiger partial charge is 0.494 e. The van der Waals surface area contributed by atoms with E-state index in [1.54, 1.807) is 0 Å². The van der Waals surface area contributed by atoms with Gasteiger partial charge in [-0.05, 0) is 36.1 Å². The fraction of sp³-hybridized carbons (Fsp3) is 0.429. The van der Waals surface area contributed by atoms with Crippen LogP contribution in [-0.4, -0.2) is 6.61 Å². The molecule has 1 atom stereocenters. The first-order valence-electron chi connectivity index (χ1n) is 5.73. The van der Waals surface area contributed by atoms with Gasteiger partial charge in [0.15, 0.2) is 0 Å². The van der Waals surface area contributed by atoms with Crippen LogP contribution in [-0.2, 0) is 0 Å². The second-order valence-electron chi connectivity index (χ2n) is 3.95. The molecule has 0 heterocycles. The van der Waals surface area contributed by atoms with E-state index in [4.69, 9.17) is 4.74 Å². The number of hydrogen-bond donors (Lipinski definition) is 0. The third-order valence-corrected chi connectivity index (χ3v) is 3.00. The Hall–Kier alpha value is -0.760. The molecule has 0 aliphatic carbocycles. The molecule has 0 saturated carbocycles. The Balaban J connectivity index is 2.77. The third-order valence-electron chi connectivity index (χ3n) is 2.54. The SMILES string of the molecule is C=CC(C)c1cc(Br)cc(OCCCC)c1. The van der Waals surface area contributed by atoms with Crippen LogP contribution in [0, 0.1) is 0 Å². The molecular weight excluding hydrogens is 264 g/mol. The molecule has 0 saturated heterocycles. The highest BCUT2D eigenvalue weighted by atomic mass is 79.9. The van der Waals surface area contributed by atoms with Crippen LogP contribution in [0.3, 0.4) is 0 Å². The summed E-state index contributed by atoms with van der Waals surface area (Å²) in [6.45, 7) is 8.89. The van der Waals surface area contributed by atoms with Crippen molar-refractivity contribution in [1.82, 2.24) is 0 Å². The minimum absolute atomic E-state index is 0.353. The number of halogens is 1. The first kappa shape index (κ1) is 13.3. The van der Waals surface area contributed by atoms with E-state index in [2.05, 4.69) is 48.5 Å². The van der Waals surface area contributed by atoms with E-state index in [0.717, 1.165) is 29.7 Å². The maximum absolute atomic E-state index is 5.70. The third kappa shape index (κ3) is 4.01. The number of benzene rings is 1. The molecule has 1 nitrogen and oxygen atoms in total. The van der Waals surface area contributed by atoms with Crippen molar-refractivity contribution < 1.29 is 4.74 Å². The van der Waals surface area contributed by atoms with Gasteiger partial charge in [0.25, 0.3) is 0 Å². The summed E-state index contributed by atoms with van der Waals surface area (Å²) in [6, 6.07) is 6.21.